The molecule has 2 rings (SSSR count). The van der Waals surface area contributed by atoms with Gasteiger partial charge in [-0.2, -0.15) is 0 Å². The Bertz CT molecular complexity index is 444. The molecule has 0 saturated carbocycles. The van der Waals surface area contributed by atoms with Gasteiger partial charge in [0.2, 0.25) is 5.91 Å². The summed E-state index contributed by atoms with van der Waals surface area (Å²) in [6.07, 6.45) is 0. The molecule has 5 heteroatoms. The SMILES string of the molecule is CC(C(=O)N1CCN(c2ccccc2)CC1)N(C)CCO. The molecule has 1 unspecified atom stereocenters. The first-order chi connectivity index (χ1) is 10.1. The van der Waals surface area contributed by atoms with Crippen molar-refractivity contribution in [3.8, 4) is 0 Å². The minimum absolute atomic E-state index is 0.0793. The van der Waals surface area contributed by atoms with Gasteiger partial charge in [-0.05, 0) is 26.1 Å². The molecule has 116 valence electrons. The zero-order valence-corrected chi connectivity index (χ0v) is 12.9. The minimum Gasteiger partial charge on any atom is -0.395 e. The maximum atomic E-state index is 12.4. The quantitative estimate of drug-likeness (QED) is 0.865. The number of amides is 1. The Morgan fingerprint density at radius 2 is 1.86 bits per heavy atom. The number of nitrogens with zero attached hydrogens (tertiary/aromatic N) is 3. The van der Waals surface area contributed by atoms with Gasteiger partial charge in [-0.1, -0.05) is 18.2 Å². The van der Waals surface area contributed by atoms with Gasteiger partial charge < -0.3 is 14.9 Å². The van der Waals surface area contributed by atoms with E-state index in [-0.39, 0.29) is 18.6 Å². The average molecular weight is 291 g/mol. The summed E-state index contributed by atoms with van der Waals surface area (Å²) in [4.78, 5) is 18.6. The predicted octanol–water partition coefficient (Wildman–Crippen LogP) is 0.648. The maximum absolute atomic E-state index is 12.4. The molecule has 1 fully saturated rings. The number of rotatable bonds is 5. The summed E-state index contributed by atoms with van der Waals surface area (Å²) in [5.41, 5.74) is 1.22. The Hall–Kier alpha value is -1.59. The molecule has 0 radical (unpaired) electrons. The van der Waals surface area contributed by atoms with Crippen LogP contribution in [-0.2, 0) is 4.79 Å². The summed E-state index contributed by atoms with van der Waals surface area (Å²) in [5, 5.41) is 8.97. The second-order valence-corrected chi connectivity index (χ2v) is 5.53. The van der Waals surface area contributed by atoms with Gasteiger partial charge in [0.15, 0.2) is 0 Å². The number of piperazine rings is 1. The van der Waals surface area contributed by atoms with Crippen molar-refractivity contribution in [2.24, 2.45) is 0 Å². The molecule has 21 heavy (non-hydrogen) atoms. The zero-order chi connectivity index (χ0) is 15.2. The highest BCUT2D eigenvalue weighted by Gasteiger charge is 2.26. The molecule has 1 heterocycles. The van der Waals surface area contributed by atoms with Gasteiger partial charge in [0.25, 0.3) is 0 Å². The number of carbonyl (C=O) groups excluding carboxylic acids is 1. The second-order valence-electron chi connectivity index (χ2n) is 5.53. The van der Waals surface area contributed by atoms with Crippen LogP contribution in [0.25, 0.3) is 0 Å². The fraction of sp³-hybridized carbons (Fsp3) is 0.562. The van der Waals surface area contributed by atoms with Crippen LogP contribution in [-0.4, -0.2) is 73.2 Å². The van der Waals surface area contributed by atoms with Crippen LogP contribution in [0, 0.1) is 0 Å². The van der Waals surface area contributed by atoms with E-state index in [4.69, 9.17) is 5.11 Å². The molecule has 0 bridgehead atoms. The summed E-state index contributed by atoms with van der Waals surface area (Å²) in [6.45, 7) is 5.75. The first kappa shape index (κ1) is 15.8. The predicted molar refractivity (Wildman–Crippen MR) is 84.4 cm³/mol. The molecule has 1 aromatic carbocycles. The lowest BCUT2D eigenvalue weighted by Gasteiger charge is -2.38. The molecule has 1 aromatic rings. The molecule has 1 saturated heterocycles. The van der Waals surface area contributed by atoms with Gasteiger partial charge in [-0.25, -0.2) is 0 Å². The second kappa shape index (κ2) is 7.43. The third-order valence-corrected chi connectivity index (χ3v) is 4.18. The average Bonchev–Trinajstić information content (AvgIpc) is 2.54. The number of hydrogen-bond acceptors (Lipinski definition) is 4. The molecule has 1 aliphatic rings. The lowest BCUT2D eigenvalue weighted by Crippen LogP contribution is -2.54. The van der Waals surface area contributed by atoms with Gasteiger partial charge in [-0.3, -0.25) is 9.69 Å². The minimum atomic E-state index is -0.180. The lowest BCUT2D eigenvalue weighted by molar-refractivity contribution is -0.136. The standard InChI is InChI=1S/C16H25N3O2/c1-14(17(2)12-13-20)16(21)19-10-8-18(9-11-19)15-6-4-3-5-7-15/h3-7,14,20H,8-13H2,1-2H3. The van der Waals surface area contributed by atoms with E-state index in [1.165, 1.54) is 5.69 Å². The number of aliphatic hydroxyl groups is 1. The van der Waals surface area contributed by atoms with Crippen LogP contribution in [0.1, 0.15) is 6.92 Å². The van der Waals surface area contributed by atoms with E-state index in [9.17, 15) is 4.79 Å². The monoisotopic (exact) mass is 291 g/mol. The zero-order valence-electron chi connectivity index (χ0n) is 12.9. The molecular weight excluding hydrogens is 266 g/mol. The molecule has 5 nitrogen and oxygen atoms in total. The van der Waals surface area contributed by atoms with E-state index in [2.05, 4.69) is 17.0 Å². The molecule has 1 amide bonds. The molecule has 1 atom stereocenters. The van der Waals surface area contributed by atoms with Crippen molar-refractivity contribution in [1.29, 1.82) is 0 Å². The fourth-order valence-corrected chi connectivity index (χ4v) is 2.63. The summed E-state index contributed by atoms with van der Waals surface area (Å²) in [5.74, 6) is 0.152. The van der Waals surface area contributed by atoms with Gasteiger partial charge in [0.05, 0.1) is 12.6 Å². The molecular formula is C16H25N3O2. The van der Waals surface area contributed by atoms with Gasteiger partial charge in [-0.15, -0.1) is 0 Å². The Morgan fingerprint density at radius 3 is 2.43 bits per heavy atom. The van der Waals surface area contributed by atoms with E-state index >= 15 is 0 Å². The van der Waals surface area contributed by atoms with E-state index in [0.717, 1.165) is 26.2 Å². The number of para-hydroxylation sites is 1. The van der Waals surface area contributed by atoms with Crippen LogP contribution in [0.15, 0.2) is 30.3 Å². The van der Waals surface area contributed by atoms with Crippen LogP contribution in [0.5, 0.6) is 0 Å². The number of carbonyl (C=O) groups is 1. The molecule has 0 aromatic heterocycles. The van der Waals surface area contributed by atoms with Gasteiger partial charge in [0, 0.05) is 38.4 Å². The van der Waals surface area contributed by atoms with Crippen LogP contribution in [0.4, 0.5) is 5.69 Å². The van der Waals surface area contributed by atoms with Crippen LogP contribution in [0.3, 0.4) is 0 Å². The van der Waals surface area contributed by atoms with Crippen LogP contribution >= 0.6 is 0 Å². The maximum Gasteiger partial charge on any atom is 0.239 e. The number of likely N-dealkylation sites (N-methyl/N-ethyl adjacent to an activating group) is 1. The topological polar surface area (TPSA) is 47.0 Å². The third kappa shape index (κ3) is 3.95. The first-order valence-corrected chi connectivity index (χ1v) is 7.53. The lowest BCUT2D eigenvalue weighted by atomic mass is 10.2. The normalized spacial score (nSPS) is 17.1. The largest absolute Gasteiger partial charge is 0.395 e. The number of hydrogen-bond donors (Lipinski definition) is 1. The third-order valence-electron chi connectivity index (χ3n) is 4.18. The van der Waals surface area contributed by atoms with Crippen molar-refractivity contribution in [2.45, 2.75) is 13.0 Å². The van der Waals surface area contributed by atoms with Crippen LogP contribution in [0.2, 0.25) is 0 Å². The summed E-state index contributed by atoms with van der Waals surface area (Å²) >= 11 is 0. The van der Waals surface area contributed by atoms with E-state index < -0.39 is 0 Å². The Morgan fingerprint density at radius 1 is 1.24 bits per heavy atom. The summed E-state index contributed by atoms with van der Waals surface area (Å²) < 4.78 is 0. The smallest absolute Gasteiger partial charge is 0.239 e. The summed E-state index contributed by atoms with van der Waals surface area (Å²) in [7, 11) is 1.87. The Kier molecular flexibility index (Phi) is 5.59. The van der Waals surface area contributed by atoms with Crippen molar-refractivity contribution in [2.75, 3.05) is 51.3 Å². The highest BCUT2D eigenvalue weighted by atomic mass is 16.3. The van der Waals surface area contributed by atoms with Gasteiger partial charge >= 0.3 is 0 Å². The van der Waals surface area contributed by atoms with E-state index in [0.29, 0.717) is 6.54 Å². The highest BCUT2D eigenvalue weighted by Crippen LogP contribution is 2.16. The van der Waals surface area contributed by atoms with Crippen molar-refractivity contribution >= 4 is 11.6 Å². The van der Waals surface area contributed by atoms with Gasteiger partial charge in [0.1, 0.15) is 0 Å². The molecule has 0 spiro atoms. The molecule has 0 aliphatic carbocycles. The summed E-state index contributed by atoms with van der Waals surface area (Å²) in [6, 6.07) is 10.1. The molecule has 1 N–H and O–H groups in total. The molecule has 1 aliphatic heterocycles. The van der Waals surface area contributed by atoms with Crippen molar-refractivity contribution in [1.82, 2.24) is 9.80 Å². The van der Waals surface area contributed by atoms with E-state index in [1.54, 1.807) is 0 Å². The highest BCUT2D eigenvalue weighted by molar-refractivity contribution is 5.81. The fourth-order valence-electron chi connectivity index (χ4n) is 2.63. The Labute approximate surface area is 126 Å². The number of benzene rings is 1. The van der Waals surface area contributed by atoms with Crippen molar-refractivity contribution in [3.63, 3.8) is 0 Å². The van der Waals surface area contributed by atoms with E-state index in [1.807, 2.05) is 42.0 Å². The Balaban J connectivity index is 1.87. The number of anilines is 1. The van der Waals surface area contributed by atoms with Crippen LogP contribution < -0.4 is 4.90 Å². The number of aliphatic hydroxyl groups excluding tert-OH is 1. The first-order valence-electron chi connectivity index (χ1n) is 7.53. The van der Waals surface area contributed by atoms with Crippen molar-refractivity contribution in [3.05, 3.63) is 30.3 Å². The van der Waals surface area contributed by atoms with Crippen molar-refractivity contribution < 1.29 is 9.90 Å².